The van der Waals surface area contributed by atoms with E-state index in [1.165, 1.54) is 12.8 Å². The lowest BCUT2D eigenvalue weighted by Gasteiger charge is -2.12. The van der Waals surface area contributed by atoms with Gasteiger partial charge < -0.3 is 9.67 Å². The predicted octanol–water partition coefficient (Wildman–Crippen LogP) is 1.70. The smallest absolute Gasteiger partial charge is 0.372 e. The van der Waals surface area contributed by atoms with Gasteiger partial charge in [0.05, 0.1) is 0 Å². The Morgan fingerprint density at radius 3 is 2.85 bits per heavy atom. The highest BCUT2D eigenvalue weighted by Crippen LogP contribution is 2.29. The van der Waals surface area contributed by atoms with Gasteiger partial charge in [0, 0.05) is 18.4 Å². The van der Waals surface area contributed by atoms with E-state index in [4.69, 9.17) is 5.11 Å². The van der Waals surface area contributed by atoms with Crippen LogP contribution in [0.3, 0.4) is 0 Å². The fraction of sp³-hybridized carbons (Fsp3) is 0.556. The van der Waals surface area contributed by atoms with E-state index >= 15 is 0 Å². The molecule has 0 atom stereocenters. The number of carboxylic acid groups (broad SMARTS) is 1. The average Bonchev–Trinajstić information content (AvgIpc) is 2.74. The third kappa shape index (κ3) is 1.43. The average molecular weight is 180 g/mol. The van der Waals surface area contributed by atoms with Gasteiger partial charge >= 0.3 is 5.97 Å². The second-order valence-electron chi connectivity index (χ2n) is 3.40. The summed E-state index contributed by atoms with van der Waals surface area (Å²) in [5.74, 6) is -0.760. The fourth-order valence-corrected chi connectivity index (χ4v) is 1.96. The molecule has 13 heavy (non-hydrogen) atoms. The van der Waals surface area contributed by atoms with Crippen molar-refractivity contribution in [2.45, 2.75) is 31.7 Å². The van der Waals surface area contributed by atoms with Crippen LogP contribution in [0, 0.1) is 0 Å². The molecule has 4 heteroatoms. The van der Waals surface area contributed by atoms with Crippen LogP contribution < -0.4 is 0 Å². The van der Waals surface area contributed by atoms with Crippen LogP contribution in [-0.4, -0.2) is 20.6 Å². The molecule has 0 saturated heterocycles. The van der Waals surface area contributed by atoms with Gasteiger partial charge in [-0.1, -0.05) is 12.8 Å². The summed E-state index contributed by atoms with van der Waals surface area (Å²) in [6, 6.07) is 0.355. The highest BCUT2D eigenvalue weighted by molar-refractivity contribution is 5.83. The first-order valence-corrected chi connectivity index (χ1v) is 4.55. The molecule has 0 amide bonds. The van der Waals surface area contributed by atoms with Gasteiger partial charge in [-0.25, -0.2) is 9.78 Å². The Balaban J connectivity index is 2.28. The third-order valence-corrected chi connectivity index (χ3v) is 2.58. The lowest BCUT2D eigenvalue weighted by Crippen LogP contribution is -2.12. The Morgan fingerprint density at radius 2 is 2.23 bits per heavy atom. The van der Waals surface area contributed by atoms with Crippen LogP contribution in [0.25, 0.3) is 0 Å². The maximum Gasteiger partial charge on any atom is 0.372 e. The highest BCUT2D eigenvalue weighted by Gasteiger charge is 2.21. The number of nitrogens with zero attached hydrogens (tertiary/aromatic N) is 2. The zero-order valence-corrected chi connectivity index (χ0v) is 7.31. The molecule has 0 unspecified atom stereocenters. The van der Waals surface area contributed by atoms with Gasteiger partial charge in [0.1, 0.15) is 0 Å². The molecule has 0 aliphatic heterocycles. The van der Waals surface area contributed by atoms with Crippen molar-refractivity contribution in [3.05, 3.63) is 18.2 Å². The van der Waals surface area contributed by atoms with Crippen molar-refractivity contribution in [2.75, 3.05) is 0 Å². The van der Waals surface area contributed by atoms with Crippen LogP contribution in [-0.2, 0) is 0 Å². The van der Waals surface area contributed by atoms with Crippen molar-refractivity contribution in [2.24, 2.45) is 0 Å². The first-order valence-electron chi connectivity index (χ1n) is 4.55. The van der Waals surface area contributed by atoms with Crippen molar-refractivity contribution in [1.82, 2.24) is 9.55 Å². The molecule has 1 aromatic heterocycles. The zero-order chi connectivity index (χ0) is 9.26. The Bertz CT molecular complexity index is 313. The van der Waals surface area contributed by atoms with Gasteiger partial charge in [-0.2, -0.15) is 0 Å². The number of rotatable bonds is 2. The summed E-state index contributed by atoms with van der Waals surface area (Å²) in [5.41, 5.74) is 0. The third-order valence-electron chi connectivity index (χ3n) is 2.58. The van der Waals surface area contributed by atoms with E-state index in [0.717, 1.165) is 12.8 Å². The maximum atomic E-state index is 10.8. The quantitative estimate of drug-likeness (QED) is 0.753. The number of aromatic nitrogens is 2. The van der Waals surface area contributed by atoms with Crippen LogP contribution in [0.2, 0.25) is 0 Å². The van der Waals surface area contributed by atoms with E-state index in [1.54, 1.807) is 17.0 Å². The first-order chi connectivity index (χ1) is 6.29. The number of carbonyl (C=O) groups is 1. The molecular formula is C9H12N2O2. The van der Waals surface area contributed by atoms with E-state index < -0.39 is 5.97 Å². The molecule has 0 aromatic carbocycles. The van der Waals surface area contributed by atoms with Crippen LogP contribution in [0.5, 0.6) is 0 Å². The summed E-state index contributed by atoms with van der Waals surface area (Å²) in [4.78, 5) is 14.6. The minimum atomic E-state index is -0.933. The molecule has 1 fully saturated rings. The first kappa shape index (κ1) is 8.29. The second kappa shape index (κ2) is 3.20. The van der Waals surface area contributed by atoms with E-state index in [2.05, 4.69) is 4.98 Å². The van der Waals surface area contributed by atoms with Crippen molar-refractivity contribution >= 4 is 5.97 Å². The summed E-state index contributed by atoms with van der Waals surface area (Å²) in [6.07, 6.45) is 7.87. The maximum absolute atomic E-state index is 10.8. The van der Waals surface area contributed by atoms with Crippen molar-refractivity contribution in [1.29, 1.82) is 0 Å². The zero-order valence-electron chi connectivity index (χ0n) is 7.31. The number of imidazole rings is 1. The SMILES string of the molecule is O=C(O)c1nccn1C1CCCC1. The van der Waals surface area contributed by atoms with Gasteiger partial charge in [0.25, 0.3) is 0 Å². The predicted molar refractivity (Wildman–Crippen MR) is 46.7 cm³/mol. The van der Waals surface area contributed by atoms with Crippen LogP contribution in [0.15, 0.2) is 12.4 Å². The van der Waals surface area contributed by atoms with Crippen molar-refractivity contribution in [3.8, 4) is 0 Å². The molecule has 1 N–H and O–H groups in total. The number of hydrogen-bond donors (Lipinski definition) is 1. The molecule has 0 spiro atoms. The molecule has 1 aliphatic carbocycles. The second-order valence-corrected chi connectivity index (χ2v) is 3.40. The Hall–Kier alpha value is -1.32. The summed E-state index contributed by atoms with van der Waals surface area (Å²) < 4.78 is 1.79. The summed E-state index contributed by atoms with van der Waals surface area (Å²) in [5, 5.41) is 8.83. The summed E-state index contributed by atoms with van der Waals surface area (Å²) in [6.45, 7) is 0. The van der Waals surface area contributed by atoms with Gasteiger partial charge in [-0.15, -0.1) is 0 Å². The lowest BCUT2D eigenvalue weighted by molar-refractivity contribution is 0.0675. The minimum Gasteiger partial charge on any atom is -0.475 e. The van der Waals surface area contributed by atoms with Crippen LogP contribution in [0.1, 0.15) is 42.3 Å². The van der Waals surface area contributed by atoms with Crippen LogP contribution >= 0.6 is 0 Å². The largest absolute Gasteiger partial charge is 0.475 e. The van der Waals surface area contributed by atoms with Gasteiger partial charge in [0.2, 0.25) is 5.82 Å². The fourth-order valence-electron chi connectivity index (χ4n) is 1.96. The van der Waals surface area contributed by atoms with E-state index in [9.17, 15) is 4.79 Å². The number of aromatic carboxylic acids is 1. The lowest BCUT2D eigenvalue weighted by atomic mass is 10.2. The monoisotopic (exact) mass is 180 g/mol. The molecule has 1 aromatic rings. The molecular weight excluding hydrogens is 168 g/mol. The van der Waals surface area contributed by atoms with E-state index in [0.29, 0.717) is 6.04 Å². The molecule has 1 aliphatic rings. The number of carboxylic acids is 1. The van der Waals surface area contributed by atoms with E-state index in [-0.39, 0.29) is 5.82 Å². The molecule has 70 valence electrons. The van der Waals surface area contributed by atoms with Gasteiger partial charge in [0.15, 0.2) is 0 Å². The van der Waals surface area contributed by atoms with Gasteiger partial charge in [-0.05, 0) is 12.8 Å². The molecule has 0 bridgehead atoms. The Morgan fingerprint density at radius 1 is 1.54 bits per heavy atom. The molecule has 2 rings (SSSR count). The molecule has 1 saturated carbocycles. The summed E-state index contributed by atoms with van der Waals surface area (Å²) >= 11 is 0. The van der Waals surface area contributed by atoms with Gasteiger partial charge in [-0.3, -0.25) is 0 Å². The highest BCUT2D eigenvalue weighted by atomic mass is 16.4. The molecule has 0 radical (unpaired) electrons. The Labute approximate surface area is 76.2 Å². The normalized spacial score (nSPS) is 17.8. The minimum absolute atomic E-state index is 0.173. The Kier molecular flexibility index (Phi) is 2.04. The van der Waals surface area contributed by atoms with Crippen LogP contribution in [0.4, 0.5) is 0 Å². The van der Waals surface area contributed by atoms with E-state index in [1.807, 2.05) is 0 Å². The molecule has 1 heterocycles. The topological polar surface area (TPSA) is 55.1 Å². The standard InChI is InChI=1S/C9H12N2O2/c12-9(13)8-10-5-6-11(8)7-3-1-2-4-7/h5-7H,1-4H2,(H,12,13). The van der Waals surface area contributed by atoms with Crippen molar-refractivity contribution < 1.29 is 9.90 Å². The van der Waals surface area contributed by atoms with Crippen molar-refractivity contribution in [3.63, 3.8) is 0 Å². The molecule has 4 nitrogen and oxygen atoms in total. The number of hydrogen-bond acceptors (Lipinski definition) is 2. The summed E-state index contributed by atoms with van der Waals surface area (Å²) in [7, 11) is 0.